The molecular weight excluding hydrogens is 416 g/mol. The fraction of sp³-hybridized carbons (Fsp3) is 0.350. The third-order valence-electron chi connectivity index (χ3n) is 4.21. The first-order valence-electron chi connectivity index (χ1n) is 8.81. The minimum Gasteiger partial charge on any atom is -0.354 e. The lowest BCUT2D eigenvalue weighted by molar-refractivity contribution is -0.119. The highest BCUT2D eigenvalue weighted by atomic mass is 35.5. The van der Waals surface area contributed by atoms with Gasteiger partial charge < -0.3 is 5.32 Å². The number of carbonyl (C=O) groups excluding carboxylic acids is 1. The van der Waals surface area contributed by atoms with Gasteiger partial charge in [-0.2, -0.15) is 11.8 Å². The van der Waals surface area contributed by atoms with Crippen molar-refractivity contribution in [1.82, 2.24) is 5.32 Å². The van der Waals surface area contributed by atoms with Gasteiger partial charge in [0.2, 0.25) is 15.9 Å². The fourth-order valence-corrected chi connectivity index (χ4v) is 4.64. The second-order valence-corrected chi connectivity index (χ2v) is 9.98. The Hall–Kier alpha value is -1.70. The van der Waals surface area contributed by atoms with Crippen LogP contribution in [0.15, 0.2) is 42.5 Å². The van der Waals surface area contributed by atoms with Gasteiger partial charge in [-0.05, 0) is 42.7 Å². The normalized spacial score (nSPS) is 11.3. The zero-order valence-electron chi connectivity index (χ0n) is 16.2. The zero-order valence-corrected chi connectivity index (χ0v) is 18.6. The van der Waals surface area contributed by atoms with E-state index in [1.807, 2.05) is 12.1 Å². The monoisotopic (exact) mass is 440 g/mol. The smallest absolute Gasteiger partial charge is 0.240 e. The Morgan fingerprint density at radius 3 is 2.54 bits per heavy atom. The molecular formula is C20H25ClN2O3S2. The molecule has 28 heavy (non-hydrogen) atoms. The van der Waals surface area contributed by atoms with E-state index in [0.717, 1.165) is 27.6 Å². The van der Waals surface area contributed by atoms with Gasteiger partial charge in [0.25, 0.3) is 0 Å². The molecule has 1 N–H and O–H groups in total. The Balaban J connectivity index is 1.89. The molecule has 1 amide bonds. The van der Waals surface area contributed by atoms with E-state index in [4.69, 9.17) is 11.6 Å². The third-order valence-corrected chi connectivity index (χ3v) is 6.58. The Labute approximate surface area is 176 Å². The molecule has 0 aliphatic heterocycles. The summed E-state index contributed by atoms with van der Waals surface area (Å²) in [5.74, 6) is 1.27. The number of hydrogen-bond donors (Lipinski definition) is 1. The summed E-state index contributed by atoms with van der Waals surface area (Å²) in [6, 6.07) is 13.2. The topological polar surface area (TPSA) is 66.5 Å². The van der Waals surface area contributed by atoms with E-state index in [2.05, 4.69) is 24.4 Å². The summed E-state index contributed by atoms with van der Waals surface area (Å²) in [5.41, 5.74) is 3.67. The summed E-state index contributed by atoms with van der Waals surface area (Å²) in [7, 11) is -3.62. The summed E-state index contributed by atoms with van der Waals surface area (Å²) in [6.07, 6.45) is 1.08. The van der Waals surface area contributed by atoms with Gasteiger partial charge in [0.15, 0.2) is 0 Å². The molecule has 5 nitrogen and oxygen atoms in total. The highest BCUT2D eigenvalue weighted by Crippen LogP contribution is 2.26. The Bertz CT molecular complexity index is 933. The molecule has 0 radical (unpaired) electrons. The van der Waals surface area contributed by atoms with Gasteiger partial charge in [-0.15, -0.1) is 0 Å². The second-order valence-electron chi connectivity index (χ2n) is 6.53. The summed E-state index contributed by atoms with van der Waals surface area (Å²) in [4.78, 5) is 12.3. The number of benzene rings is 2. The molecule has 0 fully saturated rings. The Morgan fingerprint density at radius 1 is 1.14 bits per heavy atom. The van der Waals surface area contributed by atoms with Crippen molar-refractivity contribution < 1.29 is 13.2 Å². The van der Waals surface area contributed by atoms with Gasteiger partial charge >= 0.3 is 0 Å². The molecule has 0 saturated carbocycles. The van der Waals surface area contributed by atoms with Gasteiger partial charge in [-0.1, -0.05) is 41.9 Å². The first-order chi connectivity index (χ1) is 13.2. The number of nitrogens with one attached hydrogen (secondary N) is 1. The number of sulfonamides is 1. The van der Waals surface area contributed by atoms with Crippen molar-refractivity contribution in [2.45, 2.75) is 19.6 Å². The molecule has 0 aromatic heterocycles. The van der Waals surface area contributed by atoms with E-state index >= 15 is 0 Å². The van der Waals surface area contributed by atoms with Crippen LogP contribution < -0.4 is 9.62 Å². The number of thioether (sulfide) groups is 1. The molecule has 0 atom stereocenters. The number of halogens is 1. The maximum absolute atomic E-state index is 12.3. The maximum Gasteiger partial charge on any atom is 0.240 e. The molecule has 0 aliphatic carbocycles. The van der Waals surface area contributed by atoms with Gasteiger partial charge in [-0.25, -0.2) is 8.42 Å². The molecule has 0 aliphatic rings. The van der Waals surface area contributed by atoms with Crippen LogP contribution >= 0.6 is 23.4 Å². The molecule has 0 spiro atoms. The maximum atomic E-state index is 12.3. The van der Waals surface area contributed by atoms with E-state index < -0.39 is 10.0 Å². The third kappa shape index (κ3) is 6.72. The molecule has 2 aromatic rings. The highest BCUT2D eigenvalue weighted by Gasteiger charge is 2.22. The van der Waals surface area contributed by atoms with Crippen LogP contribution in [0.1, 0.15) is 16.7 Å². The van der Waals surface area contributed by atoms with Crippen LogP contribution in [0.25, 0.3) is 0 Å². The number of hydrogen-bond acceptors (Lipinski definition) is 4. The quantitative estimate of drug-likeness (QED) is 0.602. The SMILES string of the molecule is Cc1ccccc1CSCCNC(=O)CN(c1cc(Cl)ccc1C)S(C)(=O)=O. The number of rotatable bonds is 9. The van der Waals surface area contributed by atoms with Crippen molar-refractivity contribution in [3.63, 3.8) is 0 Å². The summed E-state index contributed by atoms with van der Waals surface area (Å²) in [6.45, 7) is 4.06. The van der Waals surface area contributed by atoms with E-state index in [1.54, 1.807) is 36.9 Å². The lowest BCUT2D eigenvalue weighted by atomic mass is 10.1. The van der Waals surface area contributed by atoms with Crippen LogP contribution in [0.4, 0.5) is 5.69 Å². The predicted octanol–water partition coefficient (Wildman–Crippen LogP) is 3.77. The summed E-state index contributed by atoms with van der Waals surface area (Å²) < 4.78 is 25.5. The molecule has 0 bridgehead atoms. The molecule has 0 unspecified atom stereocenters. The van der Waals surface area contributed by atoms with Gasteiger partial charge in [-0.3, -0.25) is 9.10 Å². The van der Waals surface area contributed by atoms with Crippen LogP contribution in [-0.2, 0) is 20.6 Å². The van der Waals surface area contributed by atoms with Crippen LogP contribution in [-0.4, -0.2) is 39.4 Å². The number of amides is 1. The summed E-state index contributed by atoms with van der Waals surface area (Å²) in [5, 5.41) is 3.21. The standard InChI is InChI=1S/C20H25ClN2O3S2/c1-15-6-4-5-7-17(15)14-27-11-10-22-20(24)13-23(28(3,25)26)19-12-18(21)9-8-16(19)2/h4-9,12H,10-11,13-14H2,1-3H3,(H,22,24). The van der Waals surface area contributed by atoms with Crippen molar-refractivity contribution in [2.24, 2.45) is 0 Å². The predicted molar refractivity (Wildman–Crippen MR) is 119 cm³/mol. The van der Waals surface area contributed by atoms with Crippen molar-refractivity contribution in [2.75, 3.05) is 29.4 Å². The van der Waals surface area contributed by atoms with Crippen LogP contribution in [0, 0.1) is 13.8 Å². The highest BCUT2D eigenvalue weighted by molar-refractivity contribution is 7.98. The Morgan fingerprint density at radius 2 is 1.86 bits per heavy atom. The average Bonchev–Trinajstić information content (AvgIpc) is 2.62. The van der Waals surface area contributed by atoms with Crippen molar-refractivity contribution in [3.8, 4) is 0 Å². The number of nitrogens with zero attached hydrogens (tertiary/aromatic N) is 1. The van der Waals surface area contributed by atoms with Crippen molar-refractivity contribution >= 4 is 45.0 Å². The molecule has 0 saturated heterocycles. The lowest BCUT2D eigenvalue weighted by Gasteiger charge is -2.23. The molecule has 2 rings (SSSR count). The Kier molecular flexibility index (Phi) is 8.22. The number of carbonyl (C=O) groups is 1. The first-order valence-corrected chi connectivity index (χ1v) is 12.2. The molecule has 0 heterocycles. The largest absolute Gasteiger partial charge is 0.354 e. The fourth-order valence-electron chi connectivity index (χ4n) is 2.64. The van der Waals surface area contributed by atoms with Crippen molar-refractivity contribution in [3.05, 3.63) is 64.2 Å². The van der Waals surface area contributed by atoms with Crippen LogP contribution in [0.3, 0.4) is 0 Å². The minimum atomic E-state index is -3.62. The lowest BCUT2D eigenvalue weighted by Crippen LogP contribution is -2.41. The molecule has 152 valence electrons. The summed E-state index contributed by atoms with van der Waals surface area (Å²) >= 11 is 7.73. The van der Waals surface area contributed by atoms with Crippen molar-refractivity contribution in [1.29, 1.82) is 0 Å². The first kappa shape index (κ1) is 22.6. The van der Waals surface area contributed by atoms with Crippen LogP contribution in [0.2, 0.25) is 5.02 Å². The zero-order chi connectivity index (χ0) is 20.7. The molecule has 2 aromatic carbocycles. The molecule has 8 heteroatoms. The minimum absolute atomic E-state index is 0.275. The van der Waals surface area contributed by atoms with E-state index in [9.17, 15) is 13.2 Å². The van der Waals surface area contributed by atoms with E-state index in [0.29, 0.717) is 17.3 Å². The average molecular weight is 441 g/mol. The van der Waals surface area contributed by atoms with E-state index in [-0.39, 0.29) is 12.5 Å². The number of aryl methyl sites for hydroxylation is 2. The van der Waals surface area contributed by atoms with Gasteiger partial charge in [0, 0.05) is 23.1 Å². The van der Waals surface area contributed by atoms with Gasteiger partial charge in [0.05, 0.1) is 11.9 Å². The van der Waals surface area contributed by atoms with Crippen LogP contribution in [0.5, 0.6) is 0 Å². The van der Waals surface area contributed by atoms with E-state index in [1.165, 1.54) is 11.1 Å². The van der Waals surface area contributed by atoms with Gasteiger partial charge in [0.1, 0.15) is 6.54 Å². The second kappa shape index (κ2) is 10.2. The number of anilines is 1.